The van der Waals surface area contributed by atoms with Crippen LogP contribution in [0.25, 0.3) is 0 Å². The molecular formula is C9H18NNaO6S. The van der Waals surface area contributed by atoms with E-state index in [0.29, 0.717) is 0 Å². The molecular weight excluding hydrogens is 273 g/mol. The van der Waals surface area contributed by atoms with Gasteiger partial charge in [-0.2, -0.15) is 0 Å². The summed E-state index contributed by atoms with van der Waals surface area (Å²) in [7, 11) is -4.28. The first-order valence-electron chi connectivity index (χ1n) is 5.10. The zero-order valence-corrected chi connectivity index (χ0v) is 13.7. The van der Waals surface area contributed by atoms with Gasteiger partial charge < -0.3 is 20.1 Å². The summed E-state index contributed by atoms with van der Waals surface area (Å²) in [5.41, 5.74) is -0.977. The second-order valence-electron chi connectivity index (χ2n) is 4.46. The van der Waals surface area contributed by atoms with Crippen LogP contribution in [-0.2, 0) is 14.9 Å². The Labute approximate surface area is 129 Å². The van der Waals surface area contributed by atoms with E-state index in [-0.39, 0.29) is 49.1 Å². The number of aliphatic hydroxyl groups is 2. The van der Waals surface area contributed by atoms with E-state index in [1.165, 1.54) is 13.8 Å². The summed E-state index contributed by atoms with van der Waals surface area (Å²) in [4.78, 5) is 11.4. The molecule has 0 aromatic carbocycles. The van der Waals surface area contributed by atoms with Crippen LogP contribution in [0.3, 0.4) is 0 Å². The van der Waals surface area contributed by atoms with Crippen molar-refractivity contribution in [3.05, 3.63) is 0 Å². The number of rotatable bonds is 7. The first-order chi connectivity index (χ1) is 7.60. The van der Waals surface area contributed by atoms with Gasteiger partial charge in [-0.1, -0.05) is 13.8 Å². The number of hydrogen-bond acceptors (Lipinski definition) is 6. The summed E-state index contributed by atoms with van der Waals surface area (Å²) in [5, 5.41) is 20.8. The van der Waals surface area contributed by atoms with Crippen molar-refractivity contribution in [2.24, 2.45) is 5.41 Å². The maximum atomic E-state index is 11.4. The van der Waals surface area contributed by atoms with Crippen LogP contribution in [0, 0.1) is 5.41 Å². The van der Waals surface area contributed by atoms with Crippen molar-refractivity contribution in [1.82, 2.24) is 5.32 Å². The van der Waals surface area contributed by atoms with Crippen molar-refractivity contribution in [2.75, 3.05) is 18.9 Å². The molecule has 0 radical (unpaired) electrons. The van der Waals surface area contributed by atoms with Crippen LogP contribution >= 0.6 is 0 Å². The summed E-state index contributed by atoms with van der Waals surface area (Å²) in [6.07, 6.45) is -1.40. The Morgan fingerprint density at radius 1 is 1.44 bits per heavy atom. The van der Waals surface area contributed by atoms with E-state index in [9.17, 15) is 22.9 Å². The number of aliphatic hydroxyl groups excluding tert-OH is 2. The van der Waals surface area contributed by atoms with Crippen LogP contribution in [0.4, 0.5) is 0 Å². The molecule has 0 fully saturated rings. The fourth-order valence-electron chi connectivity index (χ4n) is 0.999. The van der Waals surface area contributed by atoms with E-state index in [2.05, 4.69) is 5.32 Å². The molecule has 7 nitrogen and oxygen atoms in total. The summed E-state index contributed by atoms with van der Waals surface area (Å²) >= 11 is 0. The van der Waals surface area contributed by atoms with Crippen LogP contribution in [0.2, 0.25) is 0 Å². The maximum Gasteiger partial charge on any atom is 1.00 e. The van der Waals surface area contributed by atoms with Crippen LogP contribution in [0.1, 0.15) is 20.3 Å². The first-order valence-corrected chi connectivity index (χ1v) is 6.68. The molecule has 0 spiro atoms. The molecule has 1 unspecified atom stereocenters. The quantitative estimate of drug-likeness (QED) is 0.246. The number of carbonyl (C=O) groups is 1. The molecule has 0 aliphatic heterocycles. The van der Waals surface area contributed by atoms with Crippen molar-refractivity contribution in [3.8, 4) is 0 Å². The third-order valence-corrected chi connectivity index (χ3v) is 3.06. The predicted molar refractivity (Wildman–Crippen MR) is 59.1 cm³/mol. The van der Waals surface area contributed by atoms with Gasteiger partial charge in [0.15, 0.2) is 0 Å². The second-order valence-corrected chi connectivity index (χ2v) is 5.98. The van der Waals surface area contributed by atoms with E-state index in [4.69, 9.17) is 5.11 Å². The monoisotopic (exact) mass is 291 g/mol. The summed E-state index contributed by atoms with van der Waals surface area (Å²) in [6.45, 7) is 2.65. The smallest absolute Gasteiger partial charge is 0.748 e. The molecule has 9 heteroatoms. The third-order valence-electron chi connectivity index (χ3n) is 2.27. The Bertz CT molecular complexity index is 356. The molecule has 0 saturated carbocycles. The topological polar surface area (TPSA) is 127 Å². The number of carbonyl (C=O) groups excluding carboxylic acids is 1. The minimum Gasteiger partial charge on any atom is -0.748 e. The van der Waals surface area contributed by atoms with Crippen molar-refractivity contribution in [2.45, 2.75) is 26.4 Å². The van der Waals surface area contributed by atoms with Gasteiger partial charge in [0, 0.05) is 17.7 Å². The summed E-state index contributed by atoms with van der Waals surface area (Å²) in [5.74, 6) is -1.26. The van der Waals surface area contributed by atoms with Gasteiger partial charge in [-0.15, -0.1) is 0 Å². The van der Waals surface area contributed by atoms with Crippen molar-refractivity contribution < 1.29 is 57.5 Å². The van der Waals surface area contributed by atoms with E-state index >= 15 is 0 Å². The molecule has 0 bridgehead atoms. The van der Waals surface area contributed by atoms with Gasteiger partial charge in [0.2, 0.25) is 5.91 Å². The predicted octanol–water partition coefficient (Wildman–Crippen LogP) is -4.58. The SMILES string of the molecule is CC(C)(CO)C(O)C(=O)NCCCS(=O)(=O)[O-].[Na+]. The standard InChI is InChI=1S/C9H19NO6S.Na/c1-9(2,6-11)7(12)8(13)10-4-3-5-17(14,15)16;/h7,11-12H,3-6H2,1-2H3,(H,10,13)(H,14,15,16);/q;+1/p-1. The molecule has 0 heterocycles. The van der Waals surface area contributed by atoms with Crippen molar-refractivity contribution in [3.63, 3.8) is 0 Å². The minimum atomic E-state index is -4.28. The molecule has 1 amide bonds. The van der Waals surface area contributed by atoms with Crippen LogP contribution < -0.4 is 34.9 Å². The third kappa shape index (κ3) is 8.41. The molecule has 0 aliphatic carbocycles. The second kappa shape index (κ2) is 8.47. The van der Waals surface area contributed by atoms with Gasteiger partial charge >= 0.3 is 29.6 Å². The molecule has 18 heavy (non-hydrogen) atoms. The van der Waals surface area contributed by atoms with E-state index in [0.717, 1.165) is 0 Å². The average Bonchev–Trinajstić information content (AvgIpc) is 2.21. The van der Waals surface area contributed by atoms with Crippen LogP contribution in [-0.4, -0.2) is 54.1 Å². The largest absolute Gasteiger partial charge is 1.00 e. The first kappa shape index (κ1) is 20.6. The van der Waals surface area contributed by atoms with Gasteiger partial charge in [-0.25, -0.2) is 8.42 Å². The Balaban J connectivity index is 0. The van der Waals surface area contributed by atoms with E-state index < -0.39 is 33.3 Å². The molecule has 102 valence electrons. The normalized spacial score (nSPS) is 13.6. The number of amides is 1. The molecule has 0 aliphatic rings. The fourth-order valence-corrected chi connectivity index (χ4v) is 1.50. The Morgan fingerprint density at radius 2 is 1.94 bits per heavy atom. The van der Waals surface area contributed by atoms with Gasteiger partial charge in [0.1, 0.15) is 6.10 Å². The number of hydrogen-bond donors (Lipinski definition) is 3. The summed E-state index contributed by atoms with van der Waals surface area (Å²) in [6, 6.07) is 0. The maximum absolute atomic E-state index is 11.4. The average molecular weight is 291 g/mol. The molecule has 1 atom stereocenters. The zero-order chi connectivity index (χ0) is 13.7. The van der Waals surface area contributed by atoms with Gasteiger partial charge in [-0.3, -0.25) is 4.79 Å². The van der Waals surface area contributed by atoms with Crippen molar-refractivity contribution >= 4 is 16.0 Å². The molecule has 0 rings (SSSR count). The minimum absolute atomic E-state index is 0. The van der Waals surface area contributed by atoms with E-state index in [1.807, 2.05) is 0 Å². The van der Waals surface area contributed by atoms with Gasteiger partial charge in [-0.05, 0) is 6.42 Å². The Kier molecular flexibility index (Phi) is 9.70. The van der Waals surface area contributed by atoms with Crippen LogP contribution in [0.5, 0.6) is 0 Å². The molecule has 0 aromatic heterocycles. The number of nitrogens with one attached hydrogen (secondary N) is 1. The van der Waals surface area contributed by atoms with Crippen LogP contribution in [0.15, 0.2) is 0 Å². The van der Waals surface area contributed by atoms with Gasteiger partial charge in [0.25, 0.3) is 0 Å². The molecule has 3 N–H and O–H groups in total. The molecule has 0 saturated heterocycles. The van der Waals surface area contributed by atoms with Gasteiger partial charge in [0.05, 0.1) is 16.7 Å². The Hall–Kier alpha value is 0.300. The van der Waals surface area contributed by atoms with Crippen molar-refractivity contribution in [1.29, 1.82) is 0 Å². The molecule has 0 aromatic rings. The fraction of sp³-hybridized carbons (Fsp3) is 0.889. The Morgan fingerprint density at radius 3 is 2.33 bits per heavy atom. The zero-order valence-electron chi connectivity index (χ0n) is 10.8. The van der Waals surface area contributed by atoms with E-state index in [1.54, 1.807) is 0 Å². The summed E-state index contributed by atoms with van der Waals surface area (Å²) < 4.78 is 30.8.